The zero-order valence-corrected chi connectivity index (χ0v) is 14.2. The molecule has 0 spiro atoms. The smallest absolute Gasteiger partial charge is 0.160 e. The van der Waals surface area contributed by atoms with Crippen LogP contribution in [0.25, 0.3) is 21.0 Å². The Labute approximate surface area is 138 Å². The van der Waals surface area contributed by atoms with Crippen LogP contribution in [0.15, 0.2) is 6.20 Å². The molecular weight excluding hydrogens is 312 g/mol. The van der Waals surface area contributed by atoms with Crippen molar-refractivity contribution in [2.24, 2.45) is 7.05 Å². The molecule has 0 saturated carbocycles. The van der Waals surface area contributed by atoms with E-state index in [4.69, 9.17) is 9.72 Å². The highest BCUT2D eigenvalue weighted by molar-refractivity contribution is 7.21. The summed E-state index contributed by atoms with van der Waals surface area (Å²) in [6.45, 7) is 7.04. The van der Waals surface area contributed by atoms with E-state index >= 15 is 0 Å². The fraction of sp³-hybridized carbons (Fsp3) is 0.467. The van der Waals surface area contributed by atoms with Crippen molar-refractivity contribution in [1.29, 1.82) is 0 Å². The topological polar surface area (TPSA) is 69.0 Å². The van der Waals surface area contributed by atoms with Gasteiger partial charge in [0.1, 0.15) is 27.0 Å². The fourth-order valence-corrected chi connectivity index (χ4v) is 3.74. The Hall–Kier alpha value is -2.06. The Morgan fingerprint density at radius 3 is 2.61 bits per heavy atom. The molecule has 8 heteroatoms. The largest absolute Gasteiger partial charge is 0.378 e. The lowest BCUT2D eigenvalue weighted by molar-refractivity contribution is 0.122. The van der Waals surface area contributed by atoms with E-state index in [1.165, 1.54) is 0 Å². The van der Waals surface area contributed by atoms with Crippen LogP contribution in [-0.2, 0) is 11.8 Å². The third kappa shape index (κ3) is 2.47. The van der Waals surface area contributed by atoms with Crippen molar-refractivity contribution >= 4 is 27.5 Å². The van der Waals surface area contributed by atoms with Gasteiger partial charge in [-0.25, -0.2) is 19.9 Å². The van der Waals surface area contributed by atoms with E-state index < -0.39 is 0 Å². The summed E-state index contributed by atoms with van der Waals surface area (Å²) in [5, 5.41) is 0.928. The van der Waals surface area contributed by atoms with Gasteiger partial charge < -0.3 is 14.2 Å². The maximum Gasteiger partial charge on any atom is 0.160 e. The van der Waals surface area contributed by atoms with Crippen LogP contribution in [0.5, 0.6) is 0 Å². The number of anilines is 1. The van der Waals surface area contributed by atoms with Crippen molar-refractivity contribution in [2.45, 2.75) is 13.8 Å². The number of aromatic nitrogens is 5. The van der Waals surface area contributed by atoms with Crippen LogP contribution in [-0.4, -0.2) is 50.8 Å². The highest BCUT2D eigenvalue weighted by Crippen LogP contribution is 2.33. The van der Waals surface area contributed by atoms with Gasteiger partial charge in [0, 0.05) is 20.1 Å². The molecule has 4 heterocycles. The van der Waals surface area contributed by atoms with Gasteiger partial charge in [0.25, 0.3) is 0 Å². The quantitative estimate of drug-likeness (QED) is 0.715. The summed E-state index contributed by atoms with van der Waals surface area (Å²) in [6, 6.07) is 0. The van der Waals surface area contributed by atoms with Crippen molar-refractivity contribution in [1.82, 2.24) is 24.5 Å². The molecule has 1 aliphatic rings. The summed E-state index contributed by atoms with van der Waals surface area (Å²) < 4.78 is 7.49. The number of aryl methyl sites for hydroxylation is 2. The van der Waals surface area contributed by atoms with E-state index in [9.17, 15) is 0 Å². The lowest BCUT2D eigenvalue weighted by Gasteiger charge is -2.27. The minimum Gasteiger partial charge on any atom is -0.378 e. The van der Waals surface area contributed by atoms with Gasteiger partial charge in [-0.1, -0.05) is 11.3 Å². The molecule has 23 heavy (non-hydrogen) atoms. The van der Waals surface area contributed by atoms with Crippen LogP contribution in [0.3, 0.4) is 0 Å². The Morgan fingerprint density at radius 1 is 1.13 bits per heavy atom. The highest BCUT2D eigenvalue weighted by Gasteiger charge is 2.21. The molecule has 3 aromatic heterocycles. The minimum absolute atomic E-state index is 0.725. The predicted molar refractivity (Wildman–Crippen MR) is 89.9 cm³/mol. The van der Waals surface area contributed by atoms with E-state index in [-0.39, 0.29) is 0 Å². The molecule has 0 N–H and O–H groups in total. The predicted octanol–water partition coefficient (Wildman–Crippen LogP) is 1.94. The van der Waals surface area contributed by atoms with Crippen molar-refractivity contribution in [3.63, 3.8) is 0 Å². The average molecular weight is 330 g/mol. The molecule has 0 amide bonds. The van der Waals surface area contributed by atoms with Gasteiger partial charge in [0.15, 0.2) is 5.82 Å². The Bertz CT molecular complexity index is 864. The molecule has 3 aromatic rings. The summed E-state index contributed by atoms with van der Waals surface area (Å²) in [7, 11) is 2.00. The SMILES string of the molecule is Cc1nc(N2CCOCC2)c2nc(-c3cnc(C)n3C)sc2n1. The Morgan fingerprint density at radius 2 is 1.91 bits per heavy atom. The first-order valence-electron chi connectivity index (χ1n) is 7.60. The normalized spacial score (nSPS) is 15.5. The summed E-state index contributed by atoms with van der Waals surface area (Å²) in [5.74, 6) is 2.66. The van der Waals surface area contributed by atoms with Crippen LogP contribution >= 0.6 is 11.3 Å². The molecule has 4 rings (SSSR count). The maximum absolute atomic E-state index is 5.44. The van der Waals surface area contributed by atoms with E-state index in [1.54, 1.807) is 11.3 Å². The number of imidazole rings is 1. The highest BCUT2D eigenvalue weighted by atomic mass is 32.1. The molecule has 7 nitrogen and oxygen atoms in total. The van der Waals surface area contributed by atoms with E-state index in [0.29, 0.717) is 0 Å². The zero-order chi connectivity index (χ0) is 16.0. The number of thiazole rings is 1. The van der Waals surface area contributed by atoms with E-state index in [2.05, 4.69) is 19.9 Å². The van der Waals surface area contributed by atoms with Crippen molar-refractivity contribution in [3.05, 3.63) is 17.8 Å². The summed E-state index contributed by atoms with van der Waals surface area (Å²) in [4.78, 5) is 21.6. The van der Waals surface area contributed by atoms with Gasteiger partial charge in [0.05, 0.1) is 25.1 Å². The van der Waals surface area contributed by atoms with E-state index in [1.807, 2.05) is 31.7 Å². The molecule has 1 saturated heterocycles. The molecular formula is C15H18N6OS. The molecule has 120 valence electrons. The molecule has 1 fully saturated rings. The monoisotopic (exact) mass is 330 g/mol. The van der Waals surface area contributed by atoms with E-state index in [0.717, 1.165) is 64.8 Å². The number of hydrogen-bond donors (Lipinski definition) is 0. The van der Waals surface area contributed by atoms with Gasteiger partial charge in [-0.05, 0) is 13.8 Å². The summed E-state index contributed by atoms with van der Waals surface area (Å²) >= 11 is 1.59. The van der Waals surface area contributed by atoms with Crippen LogP contribution < -0.4 is 4.90 Å². The first kappa shape index (κ1) is 14.5. The van der Waals surface area contributed by atoms with Gasteiger partial charge >= 0.3 is 0 Å². The third-order valence-electron chi connectivity index (χ3n) is 4.10. The van der Waals surface area contributed by atoms with Crippen molar-refractivity contribution < 1.29 is 4.74 Å². The van der Waals surface area contributed by atoms with Crippen molar-refractivity contribution in [3.8, 4) is 10.7 Å². The number of hydrogen-bond acceptors (Lipinski definition) is 7. The molecule has 0 unspecified atom stereocenters. The minimum atomic E-state index is 0.725. The van der Waals surface area contributed by atoms with Gasteiger partial charge in [-0.15, -0.1) is 0 Å². The Kier molecular flexibility index (Phi) is 3.50. The molecule has 0 aromatic carbocycles. The zero-order valence-electron chi connectivity index (χ0n) is 13.4. The second-order valence-corrected chi connectivity index (χ2v) is 6.59. The lowest BCUT2D eigenvalue weighted by Crippen LogP contribution is -2.37. The molecule has 0 aliphatic carbocycles. The standard InChI is InChI=1S/C15H18N6OS/c1-9-17-13(21-4-6-22-7-5-21)12-15(18-9)23-14(19-12)11-8-16-10(2)20(11)3/h8H,4-7H2,1-3H3. The first-order valence-corrected chi connectivity index (χ1v) is 8.41. The van der Waals surface area contributed by atoms with Crippen LogP contribution in [0.1, 0.15) is 11.6 Å². The lowest BCUT2D eigenvalue weighted by atomic mass is 10.3. The van der Waals surface area contributed by atoms with Crippen LogP contribution in [0.2, 0.25) is 0 Å². The number of ether oxygens (including phenoxy) is 1. The number of fused-ring (bicyclic) bond motifs is 1. The molecule has 1 aliphatic heterocycles. The fourth-order valence-electron chi connectivity index (χ4n) is 2.72. The Balaban J connectivity index is 1.86. The van der Waals surface area contributed by atoms with Crippen LogP contribution in [0, 0.1) is 13.8 Å². The second kappa shape index (κ2) is 5.54. The van der Waals surface area contributed by atoms with Gasteiger partial charge in [0.2, 0.25) is 0 Å². The summed E-state index contributed by atoms with van der Waals surface area (Å²) in [5.41, 5.74) is 1.88. The number of morpholine rings is 1. The average Bonchev–Trinajstić information content (AvgIpc) is 3.11. The third-order valence-corrected chi connectivity index (χ3v) is 5.07. The molecule has 0 radical (unpaired) electrons. The molecule has 0 bridgehead atoms. The van der Waals surface area contributed by atoms with Gasteiger partial charge in [-0.3, -0.25) is 0 Å². The summed E-state index contributed by atoms with van der Waals surface area (Å²) in [6.07, 6.45) is 1.86. The number of nitrogens with zero attached hydrogens (tertiary/aromatic N) is 6. The van der Waals surface area contributed by atoms with Gasteiger partial charge in [-0.2, -0.15) is 0 Å². The van der Waals surface area contributed by atoms with Crippen LogP contribution in [0.4, 0.5) is 5.82 Å². The first-order chi connectivity index (χ1) is 11.1. The maximum atomic E-state index is 5.44. The van der Waals surface area contributed by atoms with Crippen molar-refractivity contribution in [2.75, 3.05) is 31.2 Å². The second-order valence-electron chi connectivity index (χ2n) is 5.62. The molecule has 0 atom stereocenters. The number of rotatable bonds is 2.